The van der Waals surface area contributed by atoms with E-state index in [4.69, 9.17) is 0 Å². The first kappa shape index (κ1) is 12.4. The van der Waals surface area contributed by atoms with Gasteiger partial charge in [0.1, 0.15) is 5.82 Å². The Morgan fingerprint density at radius 3 is 3.00 bits per heavy atom. The van der Waals surface area contributed by atoms with Crippen LogP contribution < -0.4 is 0 Å². The molecule has 0 saturated carbocycles. The van der Waals surface area contributed by atoms with E-state index in [2.05, 4.69) is 10.6 Å². The zero-order valence-corrected chi connectivity index (χ0v) is 11.1. The van der Waals surface area contributed by atoms with Crippen molar-refractivity contribution in [3.63, 3.8) is 0 Å². The second-order valence-corrected chi connectivity index (χ2v) is 5.31. The van der Waals surface area contributed by atoms with Crippen molar-refractivity contribution in [2.24, 2.45) is 0 Å². The molecule has 2 aromatic rings. The number of benzene rings is 1. The van der Waals surface area contributed by atoms with Crippen LogP contribution in [0.5, 0.6) is 0 Å². The quantitative estimate of drug-likeness (QED) is 0.879. The molecule has 1 N–H and O–H groups in total. The van der Waals surface area contributed by atoms with E-state index < -0.39 is 0 Å². The number of hydrogen-bond donors (Lipinski definition) is 1. The second kappa shape index (κ2) is 4.82. The van der Waals surface area contributed by atoms with Crippen LogP contribution in [0.15, 0.2) is 30.3 Å². The maximum Gasteiger partial charge on any atom is 0.123 e. The lowest BCUT2D eigenvalue weighted by molar-refractivity contribution is 0.156. The maximum atomic E-state index is 13.2. The molecular weight excluding hydrogens is 241 g/mol. The fourth-order valence-electron chi connectivity index (χ4n) is 2.98. The van der Waals surface area contributed by atoms with Gasteiger partial charge in [-0.15, -0.1) is 0 Å². The first-order chi connectivity index (χ1) is 9.15. The van der Waals surface area contributed by atoms with Crippen molar-refractivity contribution >= 4 is 0 Å². The Balaban J connectivity index is 1.97. The molecule has 2 nitrogen and oxygen atoms in total. The number of aliphatic hydroxyl groups excluding tert-OH is 1. The van der Waals surface area contributed by atoms with E-state index in [0.717, 1.165) is 36.1 Å². The van der Waals surface area contributed by atoms with Crippen LogP contribution >= 0.6 is 0 Å². The van der Waals surface area contributed by atoms with Crippen molar-refractivity contribution in [1.29, 1.82) is 0 Å². The summed E-state index contributed by atoms with van der Waals surface area (Å²) in [7, 11) is 0. The number of aryl methyl sites for hydroxylation is 1. The van der Waals surface area contributed by atoms with Crippen LogP contribution in [0, 0.1) is 12.7 Å². The van der Waals surface area contributed by atoms with Gasteiger partial charge in [0.15, 0.2) is 0 Å². The molecule has 3 heteroatoms. The van der Waals surface area contributed by atoms with Gasteiger partial charge in [-0.1, -0.05) is 12.1 Å². The highest BCUT2D eigenvalue weighted by Crippen LogP contribution is 2.32. The van der Waals surface area contributed by atoms with Crippen molar-refractivity contribution in [3.05, 3.63) is 58.7 Å². The highest BCUT2D eigenvalue weighted by atomic mass is 19.1. The minimum Gasteiger partial charge on any atom is -0.388 e. The van der Waals surface area contributed by atoms with Gasteiger partial charge < -0.3 is 9.67 Å². The largest absolute Gasteiger partial charge is 0.388 e. The summed E-state index contributed by atoms with van der Waals surface area (Å²) in [6.45, 7) is 2.72. The normalized spacial score (nSPS) is 18.4. The number of rotatable bonds is 2. The summed E-state index contributed by atoms with van der Waals surface area (Å²) in [5.41, 5.74) is 4.36. The number of nitrogens with zero attached hydrogens (tertiary/aromatic N) is 1. The predicted molar refractivity (Wildman–Crippen MR) is 72.6 cm³/mol. The molecule has 1 heterocycles. The van der Waals surface area contributed by atoms with Gasteiger partial charge in [-0.05, 0) is 49.9 Å². The molecule has 0 bridgehead atoms. The Bertz CT molecular complexity index is 603. The third kappa shape index (κ3) is 2.30. The molecule has 0 fully saturated rings. The van der Waals surface area contributed by atoms with E-state index in [1.165, 1.54) is 11.8 Å². The van der Waals surface area contributed by atoms with E-state index in [-0.39, 0.29) is 11.9 Å². The first-order valence-corrected chi connectivity index (χ1v) is 6.76. The average Bonchev–Trinajstić information content (AvgIpc) is 2.69. The molecule has 1 aromatic heterocycles. The zero-order valence-electron chi connectivity index (χ0n) is 11.1. The fraction of sp³-hybridized carbons (Fsp3) is 0.375. The summed E-state index contributed by atoms with van der Waals surface area (Å²) >= 11 is 0. The topological polar surface area (TPSA) is 25.2 Å². The molecule has 1 unspecified atom stereocenters. The average molecular weight is 259 g/mol. The Morgan fingerprint density at radius 1 is 1.37 bits per heavy atom. The van der Waals surface area contributed by atoms with E-state index in [9.17, 15) is 9.50 Å². The molecule has 1 aromatic carbocycles. The fourth-order valence-corrected chi connectivity index (χ4v) is 2.98. The van der Waals surface area contributed by atoms with Crippen molar-refractivity contribution < 1.29 is 9.50 Å². The lowest BCUT2D eigenvalue weighted by Gasteiger charge is -2.20. The molecule has 3 rings (SSSR count). The molecule has 0 amide bonds. The molecule has 1 aliphatic carbocycles. The van der Waals surface area contributed by atoms with E-state index in [0.29, 0.717) is 6.54 Å². The lowest BCUT2D eigenvalue weighted by Crippen LogP contribution is -2.13. The zero-order chi connectivity index (χ0) is 13.4. The number of aromatic nitrogens is 1. The minimum absolute atomic E-state index is 0.198. The highest BCUT2D eigenvalue weighted by molar-refractivity contribution is 5.33. The van der Waals surface area contributed by atoms with Crippen LogP contribution in [0.25, 0.3) is 0 Å². The monoisotopic (exact) mass is 259 g/mol. The molecule has 0 aliphatic heterocycles. The van der Waals surface area contributed by atoms with Gasteiger partial charge in [0.2, 0.25) is 0 Å². The second-order valence-electron chi connectivity index (χ2n) is 5.31. The van der Waals surface area contributed by atoms with Crippen LogP contribution in [0.4, 0.5) is 4.39 Å². The van der Waals surface area contributed by atoms with E-state index in [1.807, 2.05) is 13.0 Å². The third-order valence-corrected chi connectivity index (χ3v) is 3.93. The minimum atomic E-state index is -0.337. The molecule has 1 atom stereocenters. The highest BCUT2D eigenvalue weighted by Gasteiger charge is 2.22. The predicted octanol–water partition coefficient (Wildman–Crippen LogP) is 3.35. The van der Waals surface area contributed by atoms with Crippen LogP contribution in [-0.4, -0.2) is 9.67 Å². The summed E-state index contributed by atoms with van der Waals surface area (Å²) in [6.07, 6.45) is 2.52. The van der Waals surface area contributed by atoms with E-state index in [1.54, 1.807) is 12.1 Å². The van der Waals surface area contributed by atoms with Gasteiger partial charge in [0.05, 0.1) is 6.10 Å². The Hall–Kier alpha value is -1.61. The molecular formula is C16H18FNO. The van der Waals surface area contributed by atoms with Gasteiger partial charge in [-0.25, -0.2) is 4.39 Å². The Kier molecular flexibility index (Phi) is 3.15. The smallest absolute Gasteiger partial charge is 0.123 e. The SMILES string of the molecule is Cc1cc2c(n1Cc1cccc(F)c1)CCCC2O. The van der Waals surface area contributed by atoms with Crippen LogP contribution in [0.1, 0.15) is 41.5 Å². The van der Waals surface area contributed by atoms with Crippen molar-refractivity contribution in [1.82, 2.24) is 4.57 Å². The van der Waals surface area contributed by atoms with Gasteiger partial charge in [0, 0.05) is 23.5 Å². The Labute approximate surface area is 112 Å². The van der Waals surface area contributed by atoms with Gasteiger partial charge in [-0.2, -0.15) is 0 Å². The van der Waals surface area contributed by atoms with Crippen molar-refractivity contribution in [2.75, 3.05) is 0 Å². The molecule has 1 aliphatic rings. The van der Waals surface area contributed by atoms with Crippen molar-refractivity contribution in [3.8, 4) is 0 Å². The number of aliphatic hydroxyl groups is 1. The maximum absolute atomic E-state index is 13.2. The first-order valence-electron chi connectivity index (χ1n) is 6.76. The van der Waals surface area contributed by atoms with Gasteiger partial charge in [0.25, 0.3) is 0 Å². The summed E-state index contributed by atoms with van der Waals surface area (Å²) in [6, 6.07) is 8.79. The molecule has 19 heavy (non-hydrogen) atoms. The molecule has 0 saturated heterocycles. The van der Waals surface area contributed by atoms with Crippen molar-refractivity contribution in [2.45, 2.75) is 38.8 Å². The van der Waals surface area contributed by atoms with Crippen LogP contribution in [0.2, 0.25) is 0 Å². The Morgan fingerprint density at radius 2 is 2.21 bits per heavy atom. The van der Waals surface area contributed by atoms with E-state index >= 15 is 0 Å². The van der Waals surface area contributed by atoms with Crippen LogP contribution in [0.3, 0.4) is 0 Å². The number of hydrogen-bond acceptors (Lipinski definition) is 1. The summed E-state index contributed by atoms with van der Waals surface area (Å²) in [5, 5.41) is 10.0. The molecule has 0 spiro atoms. The summed E-state index contributed by atoms with van der Waals surface area (Å²) in [5.74, 6) is -0.198. The molecule has 100 valence electrons. The number of fused-ring (bicyclic) bond motifs is 1. The standard InChI is InChI=1S/C16H18FNO/c1-11-8-14-15(6-3-7-16(14)19)18(11)10-12-4-2-5-13(17)9-12/h2,4-5,8-9,16,19H,3,6-7,10H2,1H3. The summed E-state index contributed by atoms with van der Waals surface area (Å²) < 4.78 is 15.4. The van der Waals surface area contributed by atoms with Crippen LogP contribution in [-0.2, 0) is 13.0 Å². The number of halogens is 1. The van der Waals surface area contributed by atoms with Gasteiger partial charge >= 0.3 is 0 Å². The molecule has 0 radical (unpaired) electrons. The van der Waals surface area contributed by atoms with Gasteiger partial charge in [-0.3, -0.25) is 0 Å². The summed E-state index contributed by atoms with van der Waals surface area (Å²) in [4.78, 5) is 0. The third-order valence-electron chi connectivity index (χ3n) is 3.93. The lowest BCUT2D eigenvalue weighted by atomic mass is 9.95.